The number of non-ortho nitro benzene ring substituents is 1. The van der Waals surface area contributed by atoms with E-state index in [0.29, 0.717) is 13.2 Å². The number of hydrogen-bond acceptors (Lipinski definition) is 4. The lowest BCUT2D eigenvalue weighted by molar-refractivity contribution is -0.385. The molecule has 0 aromatic heterocycles. The quantitative estimate of drug-likeness (QED) is 0.598. The van der Waals surface area contributed by atoms with Crippen molar-refractivity contribution in [2.45, 2.75) is 26.1 Å². The largest absolute Gasteiger partial charge is 0.344 e. The third-order valence-corrected chi connectivity index (χ3v) is 3.01. The van der Waals surface area contributed by atoms with Crippen molar-refractivity contribution in [3.8, 4) is 0 Å². The van der Waals surface area contributed by atoms with E-state index in [2.05, 4.69) is 0 Å². The van der Waals surface area contributed by atoms with Crippen molar-refractivity contribution in [3.05, 3.63) is 39.4 Å². The number of nitro groups is 1. The summed E-state index contributed by atoms with van der Waals surface area (Å²) in [5, 5.41) is 10.8. The molecule has 0 unspecified atom stereocenters. The molecule has 1 heterocycles. The Bertz CT molecular complexity index is 438. The summed E-state index contributed by atoms with van der Waals surface area (Å²) in [6.45, 7) is 4.84. The van der Waals surface area contributed by atoms with Crippen LogP contribution in [0.5, 0.6) is 0 Å². The third-order valence-electron chi connectivity index (χ3n) is 3.01. The SMILES string of the molecule is CCc1ccc([N+](=O)[O-])cc1C1(C)OCCO1. The van der Waals surface area contributed by atoms with Crippen LogP contribution in [0.15, 0.2) is 18.2 Å². The number of hydrogen-bond donors (Lipinski definition) is 0. The third kappa shape index (κ3) is 2.16. The maximum absolute atomic E-state index is 10.8. The number of rotatable bonds is 3. The lowest BCUT2D eigenvalue weighted by Crippen LogP contribution is -2.24. The maximum Gasteiger partial charge on any atom is 0.269 e. The first-order valence-electron chi connectivity index (χ1n) is 5.62. The summed E-state index contributed by atoms with van der Waals surface area (Å²) in [6, 6.07) is 4.83. The van der Waals surface area contributed by atoms with Gasteiger partial charge in [-0.3, -0.25) is 10.1 Å². The Labute approximate surface area is 99.5 Å². The van der Waals surface area contributed by atoms with Gasteiger partial charge in [-0.2, -0.15) is 0 Å². The van der Waals surface area contributed by atoms with Crippen LogP contribution in [0, 0.1) is 10.1 Å². The van der Waals surface area contributed by atoms with Crippen LogP contribution in [0.4, 0.5) is 5.69 Å². The fourth-order valence-electron chi connectivity index (χ4n) is 2.08. The minimum absolute atomic E-state index is 0.0672. The second-order valence-electron chi connectivity index (χ2n) is 4.09. The molecule has 5 nitrogen and oxygen atoms in total. The van der Waals surface area contributed by atoms with Gasteiger partial charge in [0.25, 0.3) is 5.69 Å². The summed E-state index contributed by atoms with van der Waals surface area (Å²) in [4.78, 5) is 10.4. The smallest absolute Gasteiger partial charge is 0.269 e. The molecule has 2 rings (SSSR count). The van der Waals surface area contributed by atoms with Gasteiger partial charge in [0.2, 0.25) is 0 Å². The maximum atomic E-state index is 10.8. The van der Waals surface area contributed by atoms with E-state index in [-0.39, 0.29) is 5.69 Å². The molecule has 0 bridgehead atoms. The van der Waals surface area contributed by atoms with Gasteiger partial charge in [-0.25, -0.2) is 0 Å². The summed E-state index contributed by atoms with van der Waals surface area (Å²) in [6.07, 6.45) is 0.787. The predicted octanol–water partition coefficient (Wildman–Crippen LogP) is 2.38. The molecule has 1 aromatic rings. The van der Waals surface area contributed by atoms with Crippen molar-refractivity contribution in [1.82, 2.24) is 0 Å². The van der Waals surface area contributed by atoms with Gasteiger partial charge in [0.15, 0.2) is 5.79 Å². The van der Waals surface area contributed by atoms with Crippen LogP contribution >= 0.6 is 0 Å². The molecule has 17 heavy (non-hydrogen) atoms. The van der Waals surface area contributed by atoms with Crippen LogP contribution in [0.2, 0.25) is 0 Å². The van der Waals surface area contributed by atoms with Gasteiger partial charge in [0.1, 0.15) is 0 Å². The minimum atomic E-state index is -0.850. The van der Waals surface area contributed by atoms with Gasteiger partial charge in [-0.15, -0.1) is 0 Å². The second-order valence-corrected chi connectivity index (χ2v) is 4.09. The van der Waals surface area contributed by atoms with E-state index in [4.69, 9.17) is 9.47 Å². The van der Waals surface area contributed by atoms with E-state index in [9.17, 15) is 10.1 Å². The Kier molecular flexibility index (Phi) is 3.13. The van der Waals surface area contributed by atoms with E-state index >= 15 is 0 Å². The Morgan fingerprint density at radius 1 is 1.41 bits per heavy atom. The average Bonchev–Trinajstić information content (AvgIpc) is 2.76. The fourth-order valence-corrected chi connectivity index (χ4v) is 2.08. The summed E-state index contributed by atoms with van der Waals surface area (Å²) in [5.74, 6) is -0.850. The molecule has 0 N–H and O–H groups in total. The molecule has 1 aliphatic rings. The number of aryl methyl sites for hydroxylation is 1. The second kappa shape index (κ2) is 4.43. The number of benzene rings is 1. The normalized spacial score (nSPS) is 18.2. The fraction of sp³-hybridized carbons (Fsp3) is 0.500. The zero-order valence-corrected chi connectivity index (χ0v) is 9.93. The van der Waals surface area contributed by atoms with Crippen LogP contribution in [-0.4, -0.2) is 18.1 Å². The number of ether oxygens (including phenoxy) is 2. The molecular weight excluding hydrogens is 222 g/mol. The molecule has 1 saturated heterocycles. The monoisotopic (exact) mass is 237 g/mol. The van der Waals surface area contributed by atoms with Gasteiger partial charge in [0, 0.05) is 17.7 Å². The van der Waals surface area contributed by atoms with Crippen molar-refractivity contribution in [3.63, 3.8) is 0 Å². The number of nitro benzene ring substituents is 1. The van der Waals surface area contributed by atoms with Gasteiger partial charge < -0.3 is 9.47 Å². The standard InChI is InChI=1S/C12H15NO4/c1-3-9-4-5-10(13(14)15)8-11(9)12(2)16-6-7-17-12/h4-5,8H,3,6-7H2,1-2H3. The van der Waals surface area contributed by atoms with E-state index in [1.807, 2.05) is 6.92 Å². The first-order valence-corrected chi connectivity index (χ1v) is 5.62. The van der Waals surface area contributed by atoms with Crippen molar-refractivity contribution < 1.29 is 14.4 Å². The number of nitrogens with zero attached hydrogens (tertiary/aromatic N) is 1. The topological polar surface area (TPSA) is 61.6 Å². The van der Waals surface area contributed by atoms with Gasteiger partial charge in [0.05, 0.1) is 18.1 Å². The highest BCUT2D eigenvalue weighted by Gasteiger charge is 2.35. The summed E-state index contributed by atoms with van der Waals surface area (Å²) < 4.78 is 11.1. The highest BCUT2D eigenvalue weighted by Crippen LogP contribution is 2.35. The Morgan fingerprint density at radius 3 is 2.59 bits per heavy atom. The van der Waals surface area contributed by atoms with Crippen molar-refractivity contribution >= 4 is 5.69 Å². The van der Waals surface area contributed by atoms with E-state index in [0.717, 1.165) is 17.5 Å². The zero-order chi connectivity index (χ0) is 12.5. The zero-order valence-electron chi connectivity index (χ0n) is 9.93. The average molecular weight is 237 g/mol. The highest BCUT2D eigenvalue weighted by atomic mass is 16.7. The first-order chi connectivity index (χ1) is 8.07. The molecule has 1 aromatic carbocycles. The molecule has 5 heteroatoms. The van der Waals surface area contributed by atoms with E-state index in [1.54, 1.807) is 19.1 Å². The summed E-state index contributed by atoms with van der Waals surface area (Å²) in [7, 11) is 0. The minimum Gasteiger partial charge on any atom is -0.344 e. The Morgan fingerprint density at radius 2 is 2.06 bits per heavy atom. The van der Waals surface area contributed by atoms with Crippen LogP contribution in [0.25, 0.3) is 0 Å². The van der Waals surface area contributed by atoms with Crippen molar-refractivity contribution in [2.75, 3.05) is 13.2 Å². The lowest BCUT2D eigenvalue weighted by Gasteiger charge is -2.25. The van der Waals surface area contributed by atoms with Crippen LogP contribution in [0.1, 0.15) is 25.0 Å². The van der Waals surface area contributed by atoms with Crippen LogP contribution < -0.4 is 0 Å². The van der Waals surface area contributed by atoms with E-state index in [1.165, 1.54) is 6.07 Å². The summed E-state index contributed by atoms with van der Waals surface area (Å²) in [5.41, 5.74) is 1.84. The molecule has 92 valence electrons. The molecule has 0 spiro atoms. The molecular formula is C12H15NO4. The molecule has 0 amide bonds. The Hall–Kier alpha value is -1.46. The van der Waals surface area contributed by atoms with Gasteiger partial charge in [-0.05, 0) is 18.9 Å². The van der Waals surface area contributed by atoms with Crippen molar-refractivity contribution in [1.29, 1.82) is 0 Å². The first kappa shape index (κ1) is 12.0. The van der Waals surface area contributed by atoms with Crippen LogP contribution in [-0.2, 0) is 21.7 Å². The predicted molar refractivity (Wildman–Crippen MR) is 61.7 cm³/mol. The molecule has 1 aliphatic heterocycles. The highest BCUT2D eigenvalue weighted by molar-refractivity contribution is 5.42. The van der Waals surface area contributed by atoms with Crippen molar-refractivity contribution in [2.24, 2.45) is 0 Å². The molecule has 0 saturated carbocycles. The lowest BCUT2D eigenvalue weighted by atomic mass is 9.98. The van der Waals surface area contributed by atoms with Gasteiger partial charge >= 0.3 is 0 Å². The molecule has 0 aliphatic carbocycles. The van der Waals surface area contributed by atoms with Crippen LogP contribution in [0.3, 0.4) is 0 Å². The van der Waals surface area contributed by atoms with E-state index < -0.39 is 10.7 Å². The summed E-state index contributed by atoms with van der Waals surface area (Å²) >= 11 is 0. The Balaban J connectivity index is 2.49. The molecule has 0 radical (unpaired) electrons. The molecule has 0 atom stereocenters. The molecule has 1 fully saturated rings. The van der Waals surface area contributed by atoms with Gasteiger partial charge in [-0.1, -0.05) is 13.0 Å².